The average molecular weight is 459 g/mol. The second kappa shape index (κ2) is 8.99. The molecule has 3 N–H and O–H groups in total. The number of rotatable bonds is 5. The minimum absolute atomic E-state index is 0.173. The first-order valence-corrected chi connectivity index (χ1v) is 10.5. The SMILES string of the molecule is O=C(O)[C@H](Cc1ccccc1)NC(=O)N1CCc2[nH]cnc2[C@@H]1c1cccc(Cl)c1Cl. The fraction of sp³-hybridized carbons (Fsp3) is 0.227. The summed E-state index contributed by atoms with van der Waals surface area (Å²) in [5, 5.41) is 13.1. The molecule has 0 fully saturated rings. The van der Waals surface area contributed by atoms with Gasteiger partial charge in [-0.25, -0.2) is 14.6 Å². The molecule has 0 unspecified atom stereocenters. The Hall–Kier alpha value is -3.03. The van der Waals surface area contributed by atoms with Crippen molar-refractivity contribution in [2.45, 2.75) is 24.9 Å². The number of carbonyl (C=O) groups is 2. The normalized spacial score (nSPS) is 16.5. The zero-order valence-corrected chi connectivity index (χ0v) is 17.9. The standard InChI is InChI=1S/C22H20Cl2N4O3/c23-15-8-4-7-14(18(15)24)20-19-16(25-12-26-19)9-10-28(20)22(31)27-17(21(29)30)11-13-5-2-1-3-6-13/h1-8,12,17,20H,9-11H2,(H,25,26)(H,27,31)(H,29,30)/t17-,20-/m0/s1. The van der Waals surface area contributed by atoms with E-state index in [0.717, 1.165) is 11.3 Å². The van der Waals surface area contributed by atoms with E-state index in [0.29, 0.717) is 34.3 Å². The first-order chi connectivity index (χ1) is 15.0. The number of nitrogens with one attached hydrogen (secondary N) is 2. The molecule has 0 aliphatic carbocycles. The fourth-order valence-electron chi connectivity index (χ4n) is 3.82. The molecule has 7 nitrogen and oxygen atoms in total. The van der Waals surface area contributed by atoms with Crippen molar-refractivity contribution in [2.75, 3.05) is 6.54 Å². The molecule has 1 aromatic heterocycles. The molecule has 31 heavy (non-hydrogen) atoms. The molecule has 0 bridgehead atoms. The summed E-state index contributed by atoms with van der Waals surface area (Å²) < 4.78 is 0. The lowest BCUT2D eigenvalue weighted by Crippen LogP contribution is -2.51. The number of carboxylic acids is 1. The Morgan fingerprint density at radius 3 is 2.71 bits per heavy atom. The van der Waals surface area contributed by atoms with Gasteiger partial charge in [0, 0.05) is 30.6 Å². The highest BCUT2D eigenvalue weighted by Gasteiger charge is 2.37. The van der Waals surface area contributed by atoms with Crippen LogP contribution >= 0.6 is 23.2 Å². The number of amides is 2. The van der Waals surface area contributed by atoms with Crippen LogP contribution in [-0.4, -0.2) is 44.6 Å². The van der Waals surface area contributed by atoms with Crippen LogP contribution in [0, 0.1) is 0 Å². The van der Waals surface area contributed by atoms with Crippen LogP contribution in [0.4, 0.5) is 4.79 Å². The number of H-pyrrole nitrogens is 1. The van der Waals surface area contributed by atoms with E-state index in [4.69, 9.17) is 23.2 Å². The maximum Gasteiger partial charge on any atom is 0.326 e. The maximum atomic E-state index is 13.3. The highest BCUT2D eigenvalue weighted by atomic mass is 35.5. The van der Waals surface area contributed by atoms with Gasteiger partial charge >= 0.3 is 12.0 Å². The molecule has 9 heteroatoms. The van der Waals surface area contributed by atoms with Gasteiger partial charge in [-0.15, -0.1) is 0 Å². The highest BCUT2D eigenvalue weighted by molar-refractivity contribution is 6.42. The Bertz CT molecular complexity index is 1100. The second-order valence-electron chi connectivity index (χ2n) is 7.29. The summed E-state index contributed by atoms with van der Waals surface area (Å²) in [5.74, 6) is -1.10. The Labute approximate surface area is 189 Å². The number of urea groups is 1. The molecule has 1 aliphatic heterocycles. The van der Waals surface area contributed by atoms with Crippen LogP contribution in [0.5, 0.6) is 0 Å². The van der Waals surface area contributed by atoms with Gasteiger partial charge in [0.1, 0.15) is 12.1 Å². The van der Waals surface area contributed by atoms with Crippen molar-refractivity contribution < 1.29 is 14.7 Å². The number of carbonyl (C=O) groups excluding carboxylic acids is 1. The quantitative estimate of drug-likeness (QED) is 0.536. The van der Waals surface area contributed by atoms with E-state index >= 15 is 0 Å². The maximum absolute atomic E-state index is 13.3. The molecular formula is C22H20Cl2N4O3. The number of imidazole rings is 1. The number of hydrogen-bond donors (Lipinski definition) is 3. The first-order valence-electron chi connectivity index (χ1n) is 9.75. The summed E-state index contributed by atoms with van der Waals surface area (Å²) in [6.07, 6.45) is 2.31. The van der Waals surface area contributed by atoms with E-state index in [9.17, 15) is 14.7 Å². The summed E-state index contributed by atoms with van der Waals surface area (Å²) in [5.41, 5.74) is 3.02. The lowest BCUT2D eigenvalue weighted by atomic mass is 9.95. The Morgan fingerprint density at radius 1 is 1.19 bits per heavy atom. The van der Waals surface area contributed by atoms with Crippen LogP contribution in [0.25, 0.3) is 0 Å². The van der Waals surface area contributed by atoms with Crippen molar-refractivity contribution in [3.63, 3.8) is 0 Å². The van der Waals surface area contributed by atoms with Crippen molar-refractivity contribution in [1.82, 2.24) is 20.2 Å². The van der Waals surface area contributed by atoms with E-state index < -0.39 is 24.1 Å². The van der Waals surface area contributed by atoms with Gasteiger partial charge in [-0.3, -0.25) is 0 Å². The van der Waals surface area contributed by atoms with Crippen molar-refractivity contribution in [3.05, 3.63) is 87.4 Å². The van der Waals surface area contributed by atoms with Crippen LogP contribution in [0.3, 0.4) is 0 Å². The predicted molar refractivity (Wildman–Crippen MR) is 117 cm³/mol. The monoisotopic (exact) mass is 458 g/mol. The van der Waals surface area contributed by atoms with Crippen LogP contribution in [0.15, 0.2) is 54.9 Å². The lowest BCUT2D eigenvalue weighted by molar-refractivity contribution is -0.139. The van der Waals surface area contributed by atoms with E-state index in [2.05, 4.69) is 15.3 Å². The smallest absolute Gasteiger partial charge is 0.326 e. The van der Waals surface area contributed by atoms with Crippen LogP contribution < -0.4 is 5.32 Å². The zero-order chi connectivity index (χ0) is 22.0. The molecular weight excluding hydrogens is 439 g/mol. The van der Waals surface area contributed by atoms with Gasteiger partial charge in [-0.05, 0) is 11.6 Å². The van der Waals surface area contributed by atoms with E-state index in [1.807, 2.05) is 30.3 Å². The van der Waals surface area contributed by atoms with Gasteiger partial charge in [-0.1, -0.05) is 65.7 Å². The molecule has 2 aromatic carbocycles. The van der Waals surface area contributed by atoms with Gasteiger partial charge in [0.15, 0.2) is 0 Å². The number of benzene rings is 2. The third-order valence-corrected chi connectivity index (χ3v) is 6.17. The number of aromatic amines is 1. The first kappa shape index (κ1) is 21.2. The minimum atomic E-state index is -1.10. The van der Waals surface area contributed by atoms with Crippen LogP contribution in [0.1, 0.15) is 28.6 Å². The summed E-state index contributed by atoms with van der Waals surface area (Å²) in [6.45, 7) is 0.367. The Kier molecular flexibility index (Phi) is 6.15. The van der Waals surface area contributed by atoms with Crippen LogP contribution in [0.2, 0.25) is 10.0 Å². The summed E-state index contributed by atoms with van der Waals surface area (Å²) in [4.78, 5) is 34.2. The Morgan fingerprint density at radius 2 is 1.97 bits per heavy atom. The lowest BCUT2D eigenvalue weighted by Gasteiger charge is -2.36. The molecule has 2 amide bonds. The third kappa shape index (κ3) is 4.38. The third-order valence-electron chi connectivity index (χ3n) is 5.34. The number of fused-ring (bicyclic) bond motifs is 1. The second-order valence-corrected chi connectivity index (χ2v) is 8.07. The number of hydrogen-bond acceptors (Lipinski definition) is 3. The van der Waals surface area contributed by atoms with E-state index in [-0.39, 0.29) is 6.42 Å². The molecule has 0 spiro atoms. The molecule has 2 atom stereocenters. The molecule has 3 aromatic rings. The number of aliphatic carboxylic acids is 1. The number of aromatic nitrogens is 2. The number of nitrogens with zero attached hydrogens (tertiary/aromatic N) is 2. The van der Waals surface area contributed by atoms with Crippen molar-refractivity contribution in [1.29, 1.82) is 0 Å². The molecule has 1 aliphatic rings. The molecule has 160 valence electrons. The fourth-order valence-corrected chi connectivity index (χ4v) is 4.24. The topological polar surface area (TPSA) is 98.3 Å². The number of carboxylic acid groups (broad SMARTS) is 1. The summed E-state index contributed by atoms with van der Waals surface area (Å²) >= 11 is 12.7. The van der Waals surface area contributed by atoms with E-state index in [1.54, 1.807) is 29.4 Å². The molecule has 2 heterocycles. The molecule has 4 rings (SSSR count). The van der Waals surface area contributed by atoms with Gasteiger partial charge in [-0.2, -0.15) is 0 Å². The van der Waals surface area contributed by atoms with Crippen LogP contribution in [-0.2, 0) is 17.6 Å². The summed E-state index contributed by atoms with van der Waals surface area (Å²) in [7, 11) is 0. The van der Waals surface area contributed by atoms with Crippen molar-refractivity contribution >= 4 is 35.2 Å². The van der Waals surface area contributed by atoms with Crippen molar-refractivity contribution in [3.8, 4) is 0 Å². The van der Waals surface area contributed by atoms with Gasteiger partial charge in [0.25, 0.3) is 0 Å². The molecule has 0 radical (unpaired) electrons. The molecule has 0 saturated carbocycles. The predicted octanol–water partition coefficient (Wildman–Crippen LogP) is 4.07. The zero-order valence-electron chi connectivity index (χ0n) is 16.4. The Balaban J connectivity index is 1.64. The van der Waals surface area contributed by atoms with E-state index in [1.165, 1.54) is 0 Å². The van der Waals surface area contributed by atoms with Gasteiger partial charge in [0.2, 0.25) is 0 Å². The highest BCUT2D eigenvalue weighted by Crippen LogP contribution is 2.39. The van der Waals surface area contributed by atoms with Gasteiger partial charge in [0.05, 0.1) is 22.1 Å². The summed E-state index contributed by atoms with van der Waals surface area (Å²) in [6, 6.07) is 12.2. The van der Waals surface area contributed by atoms with Crippen molar-refractivity contribution in [2.24, 2.45) is 0 Å². The number of halogens is 2. The molecule has 0 saturated heterocycles. The minimum Gasteiger partial charge on any atom is -0.480 e. The largest absolute Gasteiger partial charge is 0.480 e. The van der Waals surface area contributed by atoms with Gasteiger partial charge < -0.3 is 20.3 Å². The average Bonchev–Trinajstić information content (AvgIpc) is 3.24.